The quantitative estimate of drug-likeness (QED) is 0.205. The minimum absolute atomic E-state index is 0.0789. The Hall–Kier alpha value is -1.20. The summed E-state index contributed by atoms with van der Waals surface area (Å²) < 4.78 is 11.1. The second kappa shape index (κ2) is 9.83. The molecule has 0 aliphatic heterocycles. The fourth-order valence-electron chi connectivity index (χ4n) is 1.78. The Morgan fingerprint density at radius 3 is 2.30 bits per heavy atom. The van der Waals surface area contributed by atoms with Crippen LogP contribution in [0.15, 0.2) is 23.8 Å². The van der Waals surface area contributed by atoms with Crippen LogP contribution >= 0.6 is 0 Å². The van der Waals surface area contributed by atoms with Crippen molar-refractivity contribution in [3.05, 3.63) is 23.8 Å². The van der Waals surface area contributed by atoms with Gasteiger partial charge >= 0.3 is 5.97 Å². The number of hydrogen-bond acceptors (Lipinski definition) is 4. The summed E-state index contributed by atoms with van der Waals surface area (Å²) >= 11 is 0. The molecule has 0 N–H and O–H groups in total. The first-order valence-electron chi connectivity index (χ1n) is 8.05. The molecule has 0 aromatic rings. The van der Waals surface area contributed by atoms with E-state index in [1.165, 1.54) is 13.2 Å². The fraction of sp³-hybridized carbons (Fsp3) is 0.667. The second-order valence-corrected chi connectivity index (χ2v) is 12.1. The van der Waals surface area contributed by atoms with Gasteiger partial charge in [0.25, 0.3) is 0 Å². The standard InChI is InChI=1S/C18H32O4Si/c1-15(11-12-17(20)21-5)14-16(10-8-9-13-19)22-23(6,7)18(2,3)4/h8-9,13-14,16H,10-12H2,1-7H3/b9-8+,15-14+/t16-/m0/s1. The molecule has 0 aliphatic carbocycles. The summed E-state index contributed by atoms with van der Waals surface area (Å²) in [6.45, 7) is 13.0. The Balaban J connectivity index is 5.03. The molecule has 0 saturated heterocycles. The van der Waals surface area contributed by atoms with E-state index >= 15 is 0 Å². The lowest BCUT2D eigenvalue weighted by molar-refractivity contribution is -0.140. The van der Waals surface area contributed by atoms with Crippen LogP contribution in [-0.2, 0) is 18.8 Å². The summed E-state index contributed by atoms with van der Waals surface area (Å²) in [4.78, 5) is 21.7. The highest BCUT2D eigenvalue weighted by Gasteiger charge is 2.38. The molecule has 0 radical (unpaired) electrons. The topological polar surface area (TPSA) is 52.6 Å². The van der Waals surface area contributed by atoms with Crippen LogP contribution in [0.3, 0.4) is 0 Å². The molecule has 0 rings (SSSR count). The number of rotatable bonds is 9. The Labute approximate surface area is 142 Å². The molecule has 5 heteroatoms. The Morgan fingerprint density at radius 2 is 1.83 bits per heavy atom. The van der Waals surface area contributed by atoms with Crippen LogP contribution in [0.25, 0.3) is 0 Å². The van der Waals surface area contributed by atoms with E-state index in [0.717, 1.165) is 11.9 Å². The number of carbonyl (C=O) groups is 2. The highest BCUT2D eigenvalue weighted by atomic mass is 28.4. The molecule has 0 spiro atoms. The van der Waals surface area contributed by atoms with Gasteiger partial charge in [-0.25, -0.2) is 0 Å². The van der Waals surface area contributed by atoms with Gasteiger partial charge in [0.05, 0.1) is 13.2 Å². The second-order valence-electron chi connectivity index (χ2n) is 7.31. The van der Waals surface area contributed by atoms with Crippen molar-refractivity contribution in [2.45, 2.75) is 71.2 Å². The lowest BCUT2D eigenvalue weighted by Crippen LogP contribution is -2.43. The van der Waals surface area contributed by atoms with Crippen LogP contribution in [0, 0.1) is 0 Å². The van der Waals surface area contributed by atoms with E-state index < -0.39 is 8.32 Å². The zero-order chi connectivity index (χ0) is 18.1. The molecule has 0 heterocycles. The van der Waals surface area contributed by atoms with Crippen LogP contribution in [0.5, 0.6) is 0 Å². The first-order chi connectivity index (χ1) is 10.5. The van der Waals surface area contributed by atoms with Crippen LogP contribution in [0.4, 0.5) is 0 Å². The third-order valence-corrected chi connectivity index (χ3v) is 8.76. The van der Waals surface area contributed by atoms with Crippen molar-refractivity contribution in [2.75, 3.05) is 7.11 Å². The van der Waals surface area contributed by atoms with E-state index in [4.69, 9.17) is 4.43 Å². The van der Waals surface area contributed by atoms with Crippen LogP contribution < -0.4 is 0 Å². The van der Waals surface area contributed by atoms with E-state index in [1.54, 1.807) is 0 Å². The lowest BCUT2D eigenvalue weighted by atomic mass is 10.1. The van der Waals surface area contributed by atoms with Gasteiger partial charge < -0.3 is 9.16 Å². The maximum Gasteiger partial charge on any atom is 0.305 e. The molecule has 0 unspecified atom stereocenters. The van der Waals surface area contributed by atoms with Gasteiger partial charge in [-0.2, -0.15) is 0 Å². The molecule has 4 nitrogen and oxygen atoms in total. The minimum atomic E-state index is -1.91. The van der Waals surface area contributed by atoms with Crippen LogP contribution in [-0.4, -0.2) is 33.8 Å². The zero-order valence-electron chi connectivity index (χ0n) is 15.6. The van der Waals surface area contributed by atoms with Crippen molar-refractivity contribution in [1.29, 1.82) is 0 Å². The summed E-state index contributed by atoms with van der Waals surface area (Å²) in [5.74, 6) is -0.208. The highest BCUT2D eigenvalue weighted by Crippen LogP contribution is 2.38. The van der Waals surface area contributed by atoms with Crippen molar-refractivity contribution in [1.82, 2.24) is 0 Å². The first kappa shape index (κ1) is 21.8. The summed E-state index contributed by atoms with van der Waals surface area (Å²) in [5, 5.41) is 0.118. The predicted octanol–water partition coefficient (Wildman–Crippen LogP) is 4.42. The van der Waals surface area contributed by atoms with Crippen molar-refractivity contribution in [3.8, 4) is 0 Å². The van der Waals surface area contributed by atoms with Crippen LogP contribution in [0.2, 0.25) is 18.1 Å². The average molecular weight is 341 g/mol. The summed E-state index contributed by atoms with van der Waals surface area (Å²) in [6, 6.07) is 0. The van der Waals surface area contributed by atoms with Gasteiger partial charge in [-0.3, -0.25) is 9.59 Å². The first-order valence-corrected chi connectivity index (χ1v) is 11.0. The van der Waals surface area contributed by atoms with E-state index in [-0.39, 0.29) is 17.1 Å². The lowest BCUT2D eigenvalue weighted by Gasteiger charge is -2.38. The summed E-state index contributed by atoms with van der Waals surface area (Å²) in [7, 11) is -0.507. The molecule has 132 valence electrons. The Morgan fingerprint density at radius 1 is 1.22 bits per heavy atom. The van der Waals surface area contributed by atoms with Gasteiger partial charge in [0.15, 0.2) is 8.32 Å². The number of methoxy groups -OCH3 is 1. The molecule has 0 aliphatic rings. The Kier molecular flexibility index (Phi) is 9.31. The summed E-state index contributed by atoms with van der Waals surface area (Å²) in [6.07, 6.45) is 7.77. The predicted molar refractivity (Wildman–Crippen MR) is 96.9 cm³/mol. The SMILES string of the molecule is COC(=O)CC/C(C)=C/[C@H](C/C=C/C=O)O[Si](C)(C)C(C)(C)C. The van der Waals surface area contributed by atoms with Gasteiger partial charge in [0.1, 0.15) is 6.29 Å². The van der Waals surface area contributed by atoms with Gasteiger partial charge in [-0.05, 0) is 44.0 Å². The molecule has 23 heavy (non-hydrogen) atoms. The van der Waals surface area contributed by atoms with E-state index in [2.05, 4.69) is 44.7 Å². The maximum absolute atomic E-state index is 11.2. The largest absolute Gasteiger partial charge is 0.469 e. The monoisotopic (exact) mass is 340 g/mol. The van der Waals surface area contributed by atoms with Gasteiger partial charge in [0, 0.05) is 6.42 Å². The number of esters is 1. The Bertz CT molecular complexity index is 444. The van der Waals surface area contributed by atoms with Crippen molar-refractivity contribution in [3.63, 3.8) is 0 Å². The molecular weight excluding hydrogens is 308 g/mol. The molecule has 1 atom stereocenters. The maximum atomic E-state index is 11.2. The molecule has 0 fully saturated rings. The zero-order valence-corrected chi connectivity index (χ0v) is 16.6. The smallest absolute Gasteiger partial charge is 0.305 e. The van der Waals surface area contributed by atoms with E-state index in [9.17, 15) is 9.59 Å². The number of hydrogen-bond donors (Lipinski definition) is 0. The molecule has 0 aromatic carbocycles. The van der Waals surface area contributed by atoms with Gasteiger partial charge in [-0.15, -0.1) is 0 Å². The molecule has 0 aromatic heterocycles. The third-order valence-electron chi connectivity index (χ3n) is 4.26. The van der Waals surface area contributed by atoms with Crippen LogP contribution in [0.1, 0.15) is 47.0 Å². The minimum Gasteiger partial charge on any atom is -0.469 e. The molecule has 0 bridgehead atoms. The molecule has 0 saturated carbocycles. The van der Waals surface area contributed by atoms with E-state index in [0.29, 0.717) is 19.3 Å². The summed E-state index contributed by atoms with van der Waals surface area (Å²) in [5.41, 5.74) is 1.10. The van der Waals surface area contributed by atoms with Crippen molar-refractivity contribution in [2.24, 2.45) is 0 Å². The van der Waals surface area contributed by atoms with Gasteiger partial charge in [0.2, 0.25) is 0 Å². The number of carbonyl (C=O) groups excluding carboxylic acids is 2. The average Bonchev–Trinajstić information content (AvgIpc) is 2.43. The fourth-order valence-corrected chi connectivity index (χ4v) is 3.05. The van der Waals surface area contributed by atoms with E-state index in [1.807, 2.05) is 13.0 Å². The highest BCUT2D eigenvalue weighted by molar-refractivity contribution is 6.74. The molecule has 0 amide bonds. The van der Waals surface area contributed by atoms with Crippen molar-refractivity contribution >= 4 is 20.6 Å². The normalized spacial score (nSPS) is 14.8. The number of allylic oxidation sites excluding steroid dienone is 2. The number of aldehydes is 1. The number of ether oxygens (including phenoxy) is 1. The third kappa shape index (κ3) is 8.86. The van der Waals surface area contributed by atoms with Gasteiger partial charge in [-0.1, -0.05) is 38.5 Å². The van der Waals surface area contributed by atoms with Crippen molar-refractivity contribution < 1.29 is 18.8 Å². The molecular formula is C18H32O4Si.